The SMILES string of the molecule is CC.CN.COCCOc1ccc(C=O)c(-c2cc(C(CNC(=O)OC(C)(C)C)c3ccccc3)ccc2Cl)c1F.O=C(O)C1CCCCC1. The maximum atomic E-state index is 15.6. The number of amides is 1. The Labute approximate surface area is 301 Å². The van der Waals surface area contributed by atoms with Crippen molar-refractivity contribution in [2.45, 2.75) is 78.2 Å². The number of carbonyl (C=O) groups excluding carboxylic acids is 2. The zero-order valence-corrected chi connectivity index (χ0v) is 31.1. The Morgan fingerprint density at radius 1 is 1.00 bits per heavy atom. The van der Waals surface area contributed by atoms with E-state index in [1.807, 2.05) is 50.2 Å². The van der Waals surface area contributed by atoms with Crippen molar-refractivity contribution in [1.82, 2.24) is 5.32 Å². The van der Waals surface area contributed by atoms with Crippen LogP contribution in [-0.2, 0) is 14.3 Å². The number of carboxylic acid groups (broad SMARTS) is 1. The van der Waals surface area contributed by atoms with Crippen molar-refractivity contribution in [2.24, 2.45) is 11.7 Å². The third-order valence-electron chi connectivity index (χ3n) is 7.48. The number of halogens is 2. The average molecular weight is 717 g/mol. The molecule has 4 N–H and O–H groups in total. The third-order valence-corrected chi connectivity index (χ3v) is 7.81. The van der Waals surface area contributed by atoms with Crippen molar-refractivity contribution in [3.05, 3.63) is 88.2 Å². The van der Waals surface area contributed by atoms with E-state index in [-0.39, 0.29) is 53.5 Å². The molecule has 1 atom stereocenters. The van der Waals surface area contributed by atoms with Gasteiger partial charge in [-0.2, -0.15) is 0 Å². The number of carbonyl (C=O) groups is 3. The first-order valence-electron chi connectivity index (χ1n) is 17.0. The maximum absolute atomic E-state index is 15.6. The first-order valence-corrected chi connectivity index (χ1v) is 17.3. The lowest BCUT2D eigenvalue weighted by Crippen LogP contribution is -2.35. The number of hydrogen-bond donors (Lipinski definition) is 3. The molecule has 9 nitrogen and oxygen atoms in total. The zero-order valence-electron chi connectivity index (χ0n) is 30.4. The van der Waals surface area contributed by atoms with Gasteiger partial charge in [-0.1, -0.05) is 81.1 Å². The van der Waals surface area contributed by atoms with Crippen LogP contribution in [0.1, 0.15) is 94.1 Å². The average Bonchev–Trinajstić information content (AvgIpc) is 3.12. The Kier molecular flexibility index (Phi) is 20.6. The van der Waals surface area contributed by atoms with Gasteiger partial charge in [-0.25, -0.2) is 9.18 Å². The van der Waals surface area contributed by atoms with E-state index in [2.05, 4.69) is 11.1 Å². The lowest BCUT2D eigenvalue weighted by Gasteiger charge is -2.23. The maximum Gasteiger partial charge on any atom is 0.407 e. The van der Waals surface area contributed by atoms with Crippen LogP contribution in [0.2, 0.25) is 5.02 Å². The summed E-state index contributed by atoms with van der Waals surface area (Å²) in [5, 5.41) is 11.6. The molecular weight excluding hydrogens is 663 g/mol. The minimum absolute atomic E-state index is 0.00896. The standard InChI is InChI=1S/C29H31ClFNO5.C7H12O2.C2H6.CH5N/c1-29(2,3)37-28(34)32-17-23(19-8-6-5-7-9-19)20-10-12-24(30)22(16-20)26-21(18-33)11-13-25(27(26)31)36-15-14-35-4;8-7(9)6-4-2-1-3-5-6;2*1-2/h5-13,16,18,23H,14-15,17H2,1-4H3,(H,32,34);6H,1-5H2,(H,8,9);1-2H3;2H2,1H3. The van der Waals surface area contributed by atoms with Crippen molar-refractivity contribution in [1.29, 1.82) is 0 Å². The molecule has 1 aliphatic carbocycles. The molecule has 0 saturated heterocycles. The van der Waals surface area contributed by atoms with E-state index in [9.17, 15) is 14.4 Å². The summed E-state index contributed by atoms with van der Waals surface area (Å²) >= 11 is 6.53. The van der Waals surface area contributed by atoms with Gasteiger partial charge in [0.05, 0.1) is 12.5 Å². The Hall–Kier alpha value is -3.99. The van der Waals surface area contributed by atoms with Crippen molar-refractivity contribution in [3.8, 4) is 16.9 Å². The number of aldehydes is 1. The Morgan fingerprint density at radius 3 is 2.18 bits per heavy atom. The van der Waals surface area contributed by atoms with Gasteiger partial charge in [-0.15, -0.1) is 0 Å². The molecule has 1 saturated carbocycles. The lowest BCUT2D eigenvalue weighted by molar-refractivity contribution is -0.142. The van der Waals surface area contributed by atoms with Crippen molar-refractivity contribution >= 4 is 29.9 Å². The van der Waals surface area contributed by atoms with Gasteiger partial charge in [-0.3, -0.25) is 9.59 Å². The lowest BCUT2D eigenvalue weighted by atomic mass is 9.88. The van der Waals surface area contributed by atoms with E-state index in [1.165, 1.54) is 32.7 Å². The molecule has 1 aliphatic rings. The number of carboxylic acids is 1. The predicted octanol–water partition coefficient (Wildman–Crippen LogP) is 8.89. The van der Waals surface area contributed by atoms with E-state index in [0.29, 0.717) is 11.8 Å². The van der Waals surface area contributed by atoms with Crippen molar-refractivity contribution in [3.63, 3.8) is 0 Å². The fourth-order valence-corrected chi connectivity index (χ4v) is 5.42. The van der Waals surface area contributed by atoms with Gasteiger partial charge in [0, 0.05) is 41.3 Å². The molecule has 276 valence electrons. The molecule has 0 heterocycles. The van der Waals surface area contributed by atoms with Gasteiger partial charge in [0.1, 0.15) is 12.2 Å². The Morgan fingerprint density at radius 2 is 1.64 bits per heavy atom. The van der Waals surface area contributed by atoms with Gasteiger partial charge in [0.2, 0.25) is 0 Å². The van der Waals surface area contributed by atoms with Crippen LogP contribution in [0, 0.1) is 11.7 Å². The van der Waals surface area contributed by atoms with Crippen LogP contribution in [0.25, 0.3) is 11.1 Å². The number of benzene rings is 3. The molecule has 1 unspecified atom stereocenters. The second kappa shape index (κ2) is 23.4. The topological polar surface area (TPSA) is 137 Å². The summed E-state index contributed by atoms with van der Waals surface area (Å²) in [6, 6.07) is 17.7. The normalized spacial score (nSPS) is 13.1. The molecular formula is C39H54ClFN2O7. The van der Waals surface area contributed by atoms with E-state index in [1.54, 1.807) is 32.9 Å². The molecule has 1 fully saturated rings. The van der Waals surface area contributed by atoms with E-state index >= 15 is 4.39 Å². The second-order valence-electron chi connectivity index (χ2n) is 12.1. The zero-order chi connectivity index (χ0) is 37.7. The highest BCUT2D eigenvalue weighted by atomic mass is 35.5. The molecule has 11 heteroatoms. The predicted molar refractivity (Wildman–Crippen MR) is 198 cm³/mol. The van der Waals surface area contributed by atoms with Crippen LogP contribution >= 0.6 is 11.6 Å². The van der Waals surface area contributed by atoms with Crippen LogP contribution < -0.4 is 15.8 Å². The van der Waals surface area contributed by atoms with Crippen LogP contribution in [0.4, 0.5) is 9.18 Å². The molecule has 3 aromatic carbocycles. The van der Waals surface area contributed by atoms with Gasteiger partial charge in [0.15, 0.2) is 17.9 Å². The van der Waals surface area contributed by atoms with Crippen LogP contribution in [-0.4, -0.2) is 63.0 Å². The Balaban J connectivity index is 0.000000815. The molecule has 50 heavy (non-hydrogen) atoms. The summed E-state index contributed by atoms with van der Waals surface area (Å²) in [7, 11) is 3.02. The van der Waals surface area contributed by atoms with Gasteiger partial charge < -0.3 is 30.4 Å². The highest BCUT2D eigenvalue weighted by Gasteiger charge is 2.23. The first kappa shape index (κ1) is 44.0. The number of ether oxygens (including phenoxy) is 3. The van der Waals surface area contributed by atoms with Crippen LogP contribution in [0.3, 0.4) is 0 Å². The fourth-order valence-electron chi connectivity index (χ4n) is 5.20. The third kappa shape index (κ3) is 14.5. The highest BCUT2D eigenvalue weighted by Crippen LogP contribution is 2.38. The smallest absolute Gasteiger partial charge is 0.407 e. The molecule has 0 bridgehead atoms. The number of nitrogens with one attached hydrogen (secondary N) is 1. The number of methoxy groups -OCH3 is 1. The van der Waals surface area contributed by atoms with Crippen molar-refractivity contribution in [2.75, 3.05) is 33.9 Å². The van der Waals surface area contributed by atoms with Gasteiger partial charge >= 0.3 is 12.1 Å². The minimum Gasteiger partial charge on any atom is -0.488 e. The number of hydrogen-bond acceptors (Lipinski definition) is 7. The number of alkyl carbamates (subject to hydrolysis) is 1. The summed E-state index contributed by atoms with van der Waals surface area (Å²) in [6.07, 6.45) is 5.28. The monoisotopic (exact) mass is 716 g/mol. The summed E-state index contributed by atoms with van der Waals surface area (Å²) in [4.78, 5) is 34.6. The van der Waals surface area contributed by atoms with E-state index < -0.39 is 23.5 Å². The Bertz CT molecular complexity index is 1460. The highest BCUT2D eigenvalue weighted by molar-refractivity contribution is 6.33. The molecule has 0 spiro atoms. The molecule has 0 aromatic heterocycles. The summed E-state index contributed by atoms with van der Waals surface area (Å²) in [6.45, 7) is 10.0. The largest absolute Gasteiger partial charge is 0.488 e. The minimum atomic E-state index is -0.692. The number of rotatable bonds is 11. The summed E-state index contributed by atoms with van der Waals surface area (Å²) in [5.41, 5.74) is 6.08. The van der Waals surface area contributed by atoms with Crippen LogP contribution in [0.15, 0.2) is 60.7 Å². The van der Waals surface area contributed by atoms with E-state index in [4.69, 9.17) is 30.9 Å². The fraction of sp³-hybridized carbons (Fsp3) is 0.462. The molecule has 3 aromatic rings. The quantitative estimate of drug-likeness (QED) is 0.132. The van der Waals surface area contributed by atoms with Crippen molar-refractivity contribution < 1.29 is 38.1 Å². The molecule has 0 aliphatic heterocycles. The summed E-state index contributed by atoms with van der Waals surface area (Å²) in [5.74, 6) is -1.63. The summed E-state index contributed by atoms with van der Waals surface area (Å²) < 4.78 is 31.5. The van der Waals surface area contributed by atoms with Gasteiger partial charge in [0.25, 0.3) is 0 Å². The number of nitrogens with two attached hydrogens (primary N) is 1. The number of aliphatic carboxylic acids is 1. The van der Waals surface area contributed by atoms with Gasteiger partial charge in [-0.05, 0) is 76.1 Å². The second-order valence-corrected chi connectivity index (χ2v) is 12.5. The molecule has 1 amide bonds. The molecule has 0 radical (unpaired) electrons. The van der Waals surface area contributed by atoms with E-state index in [0.717, 1.165) is 36.8 Å². The first-order chi connectivity index (χ1) is 23.9. The van der Waals surface area contributed by atoms with Crippen LogP contribution in [0.5, 0.6) is 5.75 Å². The molecule has 4 rings (SSSR count).